The van der Waals surface area contributed by atoms with Crippen molar-refractivity contribution >= 4 is 34.5 Å². The summed E-state index contributed by atoms with van der Waals surface area (Å²) in [6.07, 6.45) is -5.37. The number of carbonyl (C=O) groups is 1. The van der Waals surface area contributed by atoms with Gasteiger partial charge in [-0.3, -0.25) is 14.2 Å². The molecule has 6 aromatic rings. The standard InChI is InChI=1S/C50H53ClF3N5O6/c1-29(2)37-12-10-11-30(3)45(37)59-41-22-38(39(51)23-40(41)58(46(60)47(59)61)28-34-26-57(27-34)48(62)65-49(5,6)7)44-43(50(52,53)54)31(4)21-42(55-44)56(24-32-13-17-35(63-8)18-14-32)25-33-15-19-36(64-9)20-16-33/h10-23,29,34H,24-28H2,1-9H3. The number of likely N-dealkylation sites (tertiary alicyclic amines) is 1. The fourth-order valence-corrected chi connectivity index (χ4v) is 8.57. The first-order chi connectivity index (χ1) is 30.7. The van der Waals surface area contributed by atoms with Crippen LogP contribution >= 0.6 is 11.6 Å². The molecule has 3 heterocycles. The van der Waals surface area contributed by atoms with Crippen molar-refractivity contribution in [3.05, 3.63) is 144 Å². The molecule has 65 heavy (non-hydrogen) atoms. The molecule has 342 valence electrons. The molecule has 0 spiro atoms. The number of nitrogens with zero attached hydrogens (tertiary/aromatic N) is 5. The highest BCUT2D eigenvalue weighted by atomic mass is 35.5. The summed E-state index contributed by atoms with van der Waals surface area (Å²) in [5.41, 5.74) is -0.0326. The topological polar surface area (TPSA) is 108 Å². The molecule has 2 aromatic heterocycles. The van der Waals surface area contributed by atoms with E-state index in [1.807, 2.05) is 92.4 Å². The number of ether oxygens (including phenoxy) is 3. The highest BCUT2D eigenvalue weighted by Gasteiger charge is 2.39. The number of fused-ring (bicyclic) bond motifs is 1. The molecule has 0 aliphatic carbocycles. The molecule has 0 unspecified atom stereocenters. The Balaban J connectivity index is 1.45. The molecule has 0 saturated carbocycles. The first-order valence-corrected chi connectivity index (χ1v) is 21.7. The lowest BCUT2D eigenvalue weighted by molar-refractivity contribution is -0.137. The number of amides is 1. The maximum absolute atomic E-state index is 15.4. The van der Waals surface area contributed by atoms with Gasteiger partial charge in [-0.2, -0.15) is 13.2 Å². The van der Waals surface area contributed by atoms with Gasteiger partial charge in [-0.25, -0.2) is 9.78 Å². The Bertz CT molecular complexity index is 2810. The minimum atomic E-state index is -4.87. The molecule has 0 radical (unpaired) electrons. The summed E-state index contributed by atoms with van der Waals surface area (Å²) in [7, 11) is 3.13. The van der Waals surface area contributed by atoms with Crippen LogP contribution in [0.2, 0.25) is 5.02 Å². The second-order valence-corrected chi connectivity index (χ2v) is 18.3. The van der Waals surface area contributed by atoms with Gasteiger partial charge in [-0.05, 0) is 111 Å². The van der Waals surface area contributed by atoms with Gasteiger partial charge in [0.05, 0.1) is 47.2 Å². The number of carbonyl (C=O) groups excluding carboxylic acids is 1. The van der Waals surface area contributed by atoms with Crippen LogP contribution in [0.15, 0.2) is 94.5 Å². The minimum Gasteiger partial charge on any atom is -0.497 e. The Hall–Kier alpha value is -6.28. The lowest BCUT2D eigenvalue weighted by atomic mass is 9.97. The van der Waals surface area contributed by atoms with Crippen LogP contribution in [-0.2, 0) is 30.5 Å². The predicted octanol–water partition coefficient (Wildman–Crippen LogP) is 10.7. The quantitative estimate of drug-likeness (QED) is 0.112. The molecular formula is C50H53ClF3N5O6. The van der Waals surface area contributed by atoms with Gasteiger partial charge in [-0.1, -0.05) is 67.9 Å². The number of methoxy groups -OCH3 is 2. The van der Waals surface area contributed by atoms with Crippen molar-refractivity contribution in [2.45, 2.75) is 85.8 Å². The number of hydrogen-bond acceptors (Lipinski definition) is 8. The van der Waals surface area contributed by atoms with Gasteiger partial charge >= 0.3 is 23.4 Å². The van der Waals surface area contributed by atoms with Crippen molar-refractivity contribution in [1.29, 1.82) is 0 Å². The molecule has 4 aromatic carbocycles. The van der Waals surface area contributed by atoms with Crippen molar-refractivity contribution in [3.63, 3.8) is 0 Å². The number of hydrogen-bond donors (Lipinski definition) is 0. The van der Waals surface area contributed by atoms with E-state index in [1.165, 1.54) is 39.2 Å². The monoisotopic (exact) mass is 911 g/mol. The van der Waals surface area contributed by atoms with Crippen LogP contribution in [0.3, 0.4) is 0 Å². The Morgan fingerprint density at radius 1 is 0.831 bits per heavy atom. The fourth-order valence-electron chi connectivity index (χ4n) is 8.32. The predicted molar refractivity (Wildman–Crippen MR) is 248 cm³/mol. The molecule has 1 amide bonds. The number of aryl methyl sites for hydroxylation is 2. The van der Waals surface area contributed by atoms with Gasteiger partial charge in [0.25, 0.3) is 0 Å². The number of benzene rings is 4. The van der Waals surface area contributed by atoms with Crippen molar-refractivity contribution in [3.8, 4) is 28.4 Å². The first kappa shape index (κ1) is 46.7. The van der Waals surface area contributed by atoms with E-state index in [-0.39, 0.29) is 77.6 Å². The average Bonchev–Trinajstić information content (AvgIpc) is 3.22. The summed E-state index contributed by atoms with van der Waals surface area (Å²) in [4.78, 5) is 50.0. The molecule has 15 heteroatoms. The Labute approximate surface area is 380 Å². The highest BCUT2D eigenvalue weighted by Crippen LogP contribution is 2.43. The highest BCUT2D eigenvalue weighted by molar-refractivity contribution is 6.34. The van der Waals surface area contributed by atoms with Gasteiger partial charge in [0.1, 0.15) is 22.9 Å². The molecule has 11 nitrogen and oxygen atoms in total. The van der Waals surface area contributed by atoms with Crippen LogP contribution in [0, 0.1) is 19.8 Å². The zero-order valence-electron chi connectivity index (χ0n) is 38.0. The van der Waals surface area contributed by atoms with Crippen LogP contribution in [0.1, 0.15) is 73.9 Å². The van der Waals surface area contributed by atoms with E-state index in [2.05, 4.69) is 0 Å². The van der Waals surface area contributed by atoms with Gasteiger partial charge in [0, 0.05) is 44.2 Å². The maximum atomic E-state index is 15.4. The minimum absolute atomic E-state index is 0.0392. The van der Waals surface area contributed by atoms with Crippen molar-refractivity contribution in [2.75, 3.05) is 32.2 Å². The lowest BCUT2D eigenvalue weighted by Crippen LogP contribution is -2.54. The zero-order chi connectivity index (χ0) is 47.1. The summed E-state index contributed by atoms with van der Waals surface area (Å²) in [5.74, 6) is 1.21. The normalized spacial score (nSPS) is 13.3. The van der Waals surface area contributed by atoms with Crippen molar-refractivity contribution < 1.29 is 32.2 Å². The number of rotatable bonds is 12. The molecule has 0 N–H and O–H groups in total. The van der Waals surface area contributed by atoms with Gasteiger partial charge in [0.2, 0.25) is 0 Å². The second-order valence-electron chi connectivity index (χ2n) is 17.9. The van der Waals surface area contributed by atoms with E-state index in [4.69, 9.17) is 30.8 Å². The molecule has 1 saturated heterocycles. The summed E-state index contributed by atoms with van der Waals surface area (Å²) < 4.78 is 65.2. The van der Waals surface area contributed by atoms with Gasteiger partial charge in [-0.15, -0.1) is 0 Å². The summed E-state index contributed by atoms with van der Waals surface area (Å²) in [6.45, 7) is 13.5. The molecule has 1 fully saturated rings. The van der Waals surface area contributed by atoms with Crippen LogP contribution in [0.25, 0.3) is 28.0 Å². The van der Waals surface area contributed by atoms with Gasteiger partial charge < -0.3 is 28.6 Å². The number of halogens is 4. The summed E-state index contributed by atoms with van der Waals surface area (Å²) in [5, 5.41) is -0.111. The van der Waals surface area contributed by atoms with E-state index in [0.717, 1.165) is 16.7 Å². The fraction of sp³-hybridized carbons (Fsp3) is 0.360. The lowest BCUT2D eigenvalue weighted by Gasteiger charge is -2.40. The van der Waals surface area contributed by atoms with Gasteiger partial charge in [0.15, 0.2) is 0 Å². The van der Waals surface area contributed by atoms with Crippen LogP contribution in [0.5, 0.6) is 11.5 Å². The molecule has 1 aliphatic rings. The molecule has 0 atom stereocenters. The van der Waals surface area contributed by atoms with Crippen LogP contribution in [0.4, 0.5) is 23.8 Å². The third-order valence-corrected chi connectivity index (χ3v) is 11.8. The van der Waals surface area contributed by atoms with Crippen LogP contribution < -0.4 is 25.5 Å². The Morgan fingerprint density at radius 2 is 1.42 bits per heavy atom. The smallest absolute Gasteiger partial charge is 0.418 e. The van der Waals surface area contributed by atoms with Crippen molar-refractivity contribution in [1.82, 2.24) is 19.0 Å². The summed E-state index contributed by atoms with van der Waals surface area (Å²) >= 11 is 7.13. The third kappa shape index (κ3) is 9.87. The molecule has 0 bridgehead atoms. The van der Waals surface area contributed by atoms with E-state index in [9.17, 15) is 14.4 Å². The zero-order valence-corrected chi connectivity index (χ0v) is 38.7. The van der Waals surface area contributed by atoms with E-state index in [0.29, 0.717) is 22.7 Å². The van der Waals surface area contributed by atoms with E-state index in [1.54, 1.807) is 35.0 Å². The molecular weight excluding hydrogens is 859 g/mol. The second kappa shape index (κ2) is 18.3. The van der Waals surface area contributed by atoms with Crippen LogP contribution in [-0.4, -0.2) is 58.0 Å². The maximum Gasteiger partial charge on any atom is 0.418 e. The molecule has 1 aliphatic heterocycles. The largest absolute Gasteiger partial charge is 0.497 e. The Morgan fingerprint density at radius 3 is 1.94 bits per heavy atom. The number of para-hydroxylation sites is 1. The number of alkyl halides is 3. The SMILES string of the molecule is COc1ccc(CN(Cc2ccc(OC)cc2)c2cc(C)c(C(F)(F)F)c(-c3cc4c(cc3Cl)n(CC3CN(C(=O)OC(C)(C)C)C3)c(=O)c(=O)n4-c3c(C)cccc3C(C)C)n2)cc1. The number of pyridine rings is 1. The van der Waals surface area contributed by atoms with Crippen molar-refractivity contribution in [2.24, 2.45) is 5.92 Å². The van der Waals surface area contributed by atoms with E-state index < -0.39 is 40.2 Å². The molecule has 7 rings (SSSR count). The Kier molecular flexibility index (Phi) is 13.2. The average molecular weight is 912 g/mol. The first-order valence-electron chi connectivity index (χ1n) is 21.3. The summed E-state index contributed by atoms with van der Waals surface area (Å²) in [6, 6.07) is 24.6. The third-order valence-electron chi connectivity index (χ3n) is 11.5. The number of aromatic nitrogens is 3. The number of anilines is 1. The van der Waals surface area contributed by atoms with E-state index >= 15 is 13.2 Å².